The van der Waals surface area contributed by atoms with Crippen LogP contribution in [-0.4, -0.2) is 26.4 Å². The minimum absolute atomic E-state index is 0.130. The van der Waals surface area contributed by atoms with E-state index in [9.17, 15) is 9.90 Å². The molecule has 0 aliphatic carbocycles. The SMILES string of the molecule is O=C(O)c1c(-c2ccc(Cl)c(Cl)c2Cl)nc2n1CCS2. The summed E-state index contributed by atoms with van der Waals surface area (Å²) < 4.78 is 1.68. The summed E-state index contributed by atoms with van der Waals surface area (Å²) in [6.45, 7) is 0.619. The van der Waals surface area contributed by atoms with Gasteiger partial charge in [0.15, 0.2) is 10.9 Å². The summed E-state index contributed by atoms with van der Waals surface area (Å²) in [5, 5.41) is 10.8. The van der Waals surface area contributed by atoms with Crippen molar-refractivity contribution in [3.8, 4) is 11.3 Å². The van der Waals surface area contributed by atoms with Gasteiger partial charge < -0.3 is 9.67 Å². The van der Waals surface area contributed by atoms with E-state index in [4.69, 9.17) is 34.8 Å². The number of carboxylic acid groups (broad SMARTS) is 1. The highest BCUT2D eigenvalue weighted by Crippen LogP contribution is 2.40. The monoisotopic (exact) mass is 348 g/mol. The minimum atomic E-state index is -1.04. The first kappa shape index (κ1) is 14.1. The molecule has 1 aliphatic heterocycles. The molecule has 104 valence electrons. The van der Waals surface area contributed by atoms with Gasteiger partial charge in [0, 0.05) is 17.9 Å². The Morgan fingerprint density at radius 2 is 2.05 bits per heavy atom. The van der Waals surface area contributed by atoms with Crippen LogP contribution in [0.1, 0.15) is 10.5 Å². The first-order chi connectivity index (χ1) is 9.50. The number of rotatable bonds is 2. The van der Waals surface area contributed by atoms with E-state index in [0.717, 1.165) is 5.75 Å². The Balaban J connectivity index is 2.26. The van der Waals surface area contributed by atoms with Crippen LogP contribution in [0.25, 0.3) is 11.3 Å². The molecule has 0 radical (unpaired) electrons. The average molecular weight is 350 g/mol. The Labute approximate surface area is 133 Å². The van der Waals surface area contributed by atoms with Gasteiger partial charge in [-0.25, -0.2) is 9.78 Å². The van der Waals surface area contributed by atoms with E-state index in [1.807, 2.05) is 0 Å². The second-order valence-corrected chi connectivity index (χ2v) is 6.34. The molecule has 0 spiro atoms. The molecular formula is C12H7Cl3N2O2S. The number of fused-ring (bicyclic) bond motifs is 1. The van der Waals surface area contributed by atoms with Crippen LogP contribution in [0.4, 0.5) is 0 Å². The maximum absolute atomic E-state index is 11.5. The molecule has 0 amide bonds. The summed E-state index contributed by atoms with van der Waals surface area (Å²) >= 11 is 19.6. The fraction of sp³-hybridized carbons (Fsp3) is 0.167. The third kappa shape index (κ3) is 2.09. The highest BCUT2D eigenvalue weighted by atomic mass is 35.5. The molecule has 3 rings (SSSR count). The summed E-state index contributed by atoms with van der Waals surface area (Å²) in [5.74, 6) is -0.221. The van der Waals surface area contributed by atoms with Gasteiger partial charge in [-0.15, -0.1) is 0 Å². The molecule has 2 aromatic rings. The average Bonchev–Trinajstić information content (AvgIpc) is 2.95. The van der Waals surface area contributed by atoms with E-state index in [2.05, 4.69) is 4.98 Å². The zero-order valence-corrected chi connectivity index (χ0v) is 12.9. The summed E-state index contributed by atoms with van der Waals surface area (Å²) in [6.07, 6.45) is 0. The van der Waals surface area contributed by atoms with Crippen LogP contribution in [-0.2, 0) is 6.54 Å². The van der Waals surface area contributed by atoms with E-state index in [1.165, 1.54) is 11.8 Å². The quantitative estimate of drug-likeness (QED) is 0.821. The van der Waals surface area contributed by atoms with Crippen molar-refractivity contribution in [3.63, 3.8) is 0 Å². The summed E-state index contributed by atoms with van der Waals surface area (Å²) in [6, 6.07) is 3.21. The number of aromatic carboxylic acids is 1. The van der Waals surface area contributed by atoms with Crippen molar-refractivity contribution in [2.75, 3.05) is 5.75 Å². The molecular weight excluding hydrogens is 343 g/mol. The number of nitrogens with zero attached hydrogens (tertiary/aromatic N) is 2. The van der Waals surface area contributed by atoms with Crippen LogP contribution < -0.4 is 0 Å². The molecule has 1 aromatic carbocycles. The number of hydrogen-bond acceptors (Lipinski definition) is 3. The fourth-order valence-corrected chi connectivity index (χ4v) is 3.67. The summed E-state index contributed by atoms with van der Waals surface area (Å²) in [5.41, 5.74) is 0.925. The van der Waals surface area contributed by atoms with Crippen molar-refractivity contribution < 1.29 is 9.90 Å². The lowest BCUT2D eigenvalue weighted by Gasteiger charge is -2.07. The topological polar surface area (TPSA) is 55.1 Å². The van der Waals surface area contributed by atoms with Crippen molar-refractivity contribution in [3.05, 3.63) is 32.9 Å². The second kappa shape index (κ2) is 5.15. The van der Waals surface area contributed by atoms with Gasteiger partial charge >= 0.3 is 5.97 Å². The molecule has 2 heterocycles. The molecule has 0 saturated carbocycles. The van der Waals surface area contributed by atoms with Crippen molar-refractivity contribution in [2.24, 2.45) is 0 Å². The minimum Gasteiger partial charge on any atom is -0.477 e. The Kier molecular flexibility index (Phi) is 3.62. The molecule has 1 aromatic heterocycles. The normalized spacial score (nSPS) is 13.6. The fourth-order valence-electron chi connectivity index (χ4n) is 2.09. The van der Waals surface area contributed by atoms with Crippen molar-refractivity contribution in [2.45, 2.75) is 11.7 Å². The molecule has 0 unspecified atom stereocenters. The number of benzene rings is 1. The standard InChI is InChI=1S/C12H7Cl3N2O2S/c13-6-2-1-5(7(14)8(6)15)9-10(11(18)19)17-3-4-20-12(17)16-9/h1-2H,3-4H2,(H,18,19). The number of carbonyl (C=O) groups is 1. The van der Waals surface area contributed by atoms with E-state index in [0.29, 0.717) is 28.0 Å². The lowest BCUT2D eigenvalue weighted by Crippen LogP contribution is -2.08. The van der Waals surface area contributed by atoms with Crippen molar-refractivity contribution in [1.29, 1.82) is 0 Å². The van der Waals surface area contributed by atoms with E-state index in [-0.39, 0.29) is 15.7 Å². The molecule has 1 N–H and O–H groups in total. The van der Waals surface area contributed by atoms with E-state index in [1.54, 1.807) is 16.7 Å². The number of halogens is 3. The maximum atomic E-state index is 11.5. The highest BCUT2D eigenvalue weighted by Gasteiger charge is 2.28. The van der Waals surface area contributed by atoms with E-state index < -0.39 is 5.97 Å². The lowest BCUT2D eigenvalue weighted by molar-refractivity contribution is 0.0685. The lowest BCUT2D eigenvalue weighted by atomic mass is 10.1. The summed E-state index contributed by atoms with van der Waals surface area (Å²) in [4.78, 5) is 15.9. The Morgan fingerprint density at radius 3 is 2.75 bits per heavy atom. The van der Waals surface area contributed by atoms with Crippen LogP contribution in [0.5, 0.6) is 0 Å². The van der Waals surface area contributed by atoms with Crippen LogP contribution in [0.15, 0.2) is 17.3 Å². The van der Waals surface area contributed by atoms with Crippen LogP contribution in [0, 0.1) is 0 Å². The van der Waals surface area contributed by atoms with Gasteiger partial charge in [-0.1, -0.05) is 46.6 Å². The number of imidazole rings is 1. The van der Waals surface area contributed by atoms with Gasteiger partial charge in [-0.3, -0.25) is 0 Å². The summed E-state index contributed by atoms with van der Waals surface area (Å²) in [7, 11) is 0. The van der Waals surface area contributed by atoms with Crippen LogP contribution in [0.2, 0.25) is 15.1 Å². The number of aromatic nitrogens is 2. The first-order valence-electron chi connectivity index (χ1n) is 5.61. The predicted molar refractivity (Wildman–Crippen MR) is 80.4 cm³/mol. The molecule has 0 bridgehead atoms. The van der Waals surface area contributed by atoms with Crippen LogP contribution >= 0.6 is 46.6 Å². The second-order valence-electron chi connectivity index (χ2n) is 4.12. The third-order valence-corrected chi connectivity index (χ3v) is 5.22. The predicted octanol–water partition coefficient (Wildman–Crippen LogP) is 4.31. The largest absolute Gasteiger partial charge is 0.477 e. The van der Waals surface area contributed by atoms with Crippen LogP contribution in [0.3, 0.4) is 0 Å². The zero-order chi connectivity index (χ0) is 14.4. The molecule has 0 atom stereocenters. The van der Waals surface area contributed by atoms with Gasteiger partial charge in [0.05, 0.1) is 15.1 Å². The first-order valence-corrected chi connectivity index (χ1v) is 7.73. The van der Waals surface area contributed by atoms with Gasteiger partial charge in [-0.05, 0) is 12.1 Å². The van der Waals surface area contributed by atoms with Gasteiger partial charge in [0.2, 0.25) is 0 Å². The smallest absolute Gasteiger partial charge is 0.354 e. The number of carboxylic acids is 1. The Hall–Kier alpha value is -0.880. The molecule has 1 aliphatic rings. The molecule has 4 nitrogen and oxygen atoms in total. The highest BCUT2D eigenvalue weighted by molar-refractivity contribution is 7.99. The maximum Gasteiger partial charge on any atom is 0.354 e. The Morgan fingerprint density at radius 1 is 1.30 bits per heavy atom. The zero-order valence-electron chi connectivity index (χ0n) is 9.86. The van der Waals surface area contributed by atoms with Crippen molar-refractivity contribution >= 4 is 52.5 Å². The van der Waals surface area contributed by atoms with Gasteiger partial charge in [-0.2, -0.15) is 0 Å². The molecule has 20 heavy (non-hydrogen) atoms. The number of hydrogen-bond donors (Lipinski definition) is 1. The molecule has 0 saturated heterocycles. The third-order valence-electron chi connectivity index (χ3n) is 2.97. The Bertz CT molecular complexity index is 730. The molecule has 8 heteroatoms. The number of thioether (sulfide) groups is 1. The van der Waals surface area contributed by atoms with Gasteiger partial charge in [0.1, 0.15) is 5.69 Å². The van der Waals surface area contributed by atoms with Gasteiger partial charge in [0.25, 0.3) is 0 Å². The van der Waals surface area contributed by atoms with Crippen molar-refractivity contribution in [1.82, 2.24) is 9.55 Å². The van der Waals surface area contributed by atoms with E-state index >= 15 is 0 Å². The molecule has 0 fully saturated rings.